The SMILES string of the molecule is CCOC(=O)c1cnc(C2CCCNC2)s1. The van der Waals surface area contributed by atoms with Gasteiger partial charge in [0, 0.05) is 12.5 Å². The van der Waals surface area contributed by atoms with Gasteiger partial charge in [0.2, 0.25) is 0 Å². The highest BCUT2D eigenvalue weighted by Crippen LogP contribution is 2.27. The summed E-state index contributed by atoms with van der Waals surface area (Å²) < 4.78 is 4.94. The Balaban J connectivity index is 2.03. The number of carbonyl (C=O) groups excluding carboxylic acids is 1. The lowest BCUT2D eigenvalue weighted by Crippen LogP contribution is -2.28. The van der Waals surface area contributed by atoms with Gasteiger partial charge in [-0.2, -0.15) is 0 Å². The number of ether oxygens (including phenoxy) is 1. The number of nitrogens with zero attached hydrogens (tertiary/aromatic N) is 1. The zero-order valence-electron chi connectivity index (χ0n) is 9.36. The number of hydrogen-bond donors (Lipinski definition) is 1. The van der Waals surface area contributed by atoms with Crippen molar-refractivity contribution in [1.82, 2.24) is 10.3 Å². The van der Waals surface area contributed by atoms with E-state index in [0.29, 0.717) is 17.4 Å². The fourth-order valence-corrected chi connectivity index (χ4v) is 2.78. The number of carbonyl (C=O) groups is 1. The zero-order chi connectivity index (χ0) is 11.4. The Labute approximate surface area is 99.0 Å². The van der Waals surface area contributed by atoms with Crippen LogP contribution in [0.2, 0.25) is 0 Å². The summed E-state index contributed by atoms with van der Waals surface area (Å²) >= 11 is 1.46. The van der Waals surface area contributed by atoms with Crippen molar-refractivity contribution in [3.8, 4) is 0 Å². The maximum Gasteiger partial charge on any atom is 0.349 e. The molecule has 2 rings (SSSR count). The second-order valence-corrected chi connectivity index (χ2v) is 4.89. The summed E-state index contributed by atoms with van der Waals surface area (Å²) in [6, 6.07) is 0. The molecule has 4 nitrogen and oxygen atoms in total. The van der Waals surface area contributed by atoms with Gasteiger partial charge in [-0.3, -0.25) is 0 Å². The van der Waals surface area contributed by atoms with E-state index in [4.69, 9.17) is 4.74 Å². The Morgan fingerprint density at radius 1 is 1.75 bits per heavy atom. The van der Waals surface area contributed by atoms with Gasteiger partial charge in [0.05, 0.1) is 17.8 Å². The van der Waals surface area contributed by atoms with E-state index < -0.39 is 0 Å². The van der Waals surface area contributed by atoms with Gasteiger partial charge in [0.25, 0.3) is 0 Å². The van der Waals surface area contributed by atoms with Crippen LogP contribution >= 0.6 is 11.3 Å². The summed E-state index contributed by atoms with van der Waals surface area (Å²) in [6.07, 6.45) is 3.97. The molecular weight excluding hydrogens is 224 g/mol. The summed E-state index contributed by atoms with van der Waals surface area (Å²) in [5, 5.41) is 4.40. The highest BCUT2D eigenvalue weighted by atomic mass is 32.1. The van der Waals surface area contributed by atoms with Crippen LogP contribution in [0.25, 0.3) is 0 Å². The lowest BCUT2D eigenvalue weighted by Gasteiger charge is -2.20. The average Bonchev–Trinajstić information content (AvgIpc) is 2.80. The molecular formula is C11H16N2O2S. The third-order valence-electron chi connectivity index (χ3n) is 2.65. The van der Waals surface area contributed by atoms with E-state index in [1.807, 2.05) is 6.92 Å². The van der Waals surface area contributed by atoms with Crippen LogP contribution in [0.3, 0.4) is 0 Å². The number of piperidine rings is 1. The minimum atomic E-state index is -0.255. The lowest BCUT2D eigenvalue weighted by atomic mass is 10.0. The van der Waals surface area contributed by atoms with Crippen molar-refractivity contribution in [3.05, 3.63) is 16.1 Å². The third kappa shape index (κ3) is 2.59. The normalized spacial score (nSPS) is 20.7. The molecule has 88 valence electrons. The Morgan fingerprint density at radius 3 is 3.31 bits per heavy atom. The molecule has 1 atom stereocenters. The zero-order valence-corrected chi connectivity index (χ0v) is 10.2. The molecule has 0 spiro atoms. The van der Waals surface area contributed by atoms with Crippen molar-refractivity contribution < 1.29 is 9.53 Å². The highest BCUT2D eigenvalue weighted by molar-refractivity contribution is 7.13. The number of hydrogen-bond acceptors (Lipinski definition) is 5. The second-order valence-electron chi connectivity index (χ2n) is 3.83. The summed E-state index contributed by atoms with van der Waals surface area (Å²) in [7, 11) is 0. The first-order valence-corrected chi connectivity index (χ1v) is 6.46. The van der Waals surface area contributed by atoms with E-state index in [2.05, 4.69) is 10.3 Å². The number of aromatic nitrogens is 1. The van der Waals surface area contributed by atoms with Gasteiger partial charge >= 0.3 is 5.97 Å². The maximum absolute atomic E-state index is 11.5. The van der Waals surface area contributed by atoms with Crippen LogP contribution in [0.5, 0.6) is 0 Å². The summed E-state index contributed by atoms with van der Waals surface area (Å²) in [6.45, 7) is 4.28. The largest absolute Gasteiger partial charge is 0.462 e. The quantitative estimate of drug-likeness (QED) is 0.818. The predicted molar refractivity (Wildman–Crippen MR) is 62.9 cm³/mol. The van der Waals surface area contributed by atoms with Gasteiger partial charge in [-0.05, 0) is 26.3 Å². The number of thiazole rings is 1. The van der Waals surface area contributed by atoms with Gasteiger partial charge in [-0.1, -0.05) is 0 Å². The van der Waals surface area contributed by atoms with Crippen molar-refractivity contribution in [2.24, 2.45) is 0 Å². The van der Waals surface area contributed by atoms with E-state index in [0.717, 1.165) is 24.5 Å². The first-order chi connectivity index (χ1) is 7.81. The van der Waals surface area contributed by atoms with Crippen molar-refractivity contribution in [2.45, 2.75) is 25.7 Å². The fourth-order valence-electron chi connectivity index (χ4n) is 1.84. The van der Waals surface area contributed by atoms with Crippen LogP contribution in [0.1, 0.15) is 40.4 Å². The number of esters is 1. The summed E-state index contributed by atoms with van der Waals surface area (Å²) in [4.78, 5) is 16.4. The molecule has 0 radical (unpaired) electrons. The Bertz CT molecular complexity index is 359. The number of nitrogens with one attached hydrogen (secondary N) is 1. The molecule has 1 saturated heterocycles. The van der Waals surface area contributed by atoms with Gasteiger partial charge < -0.3 is 10.1 Å². The molecule has 1 fully saturated rings. The highest BCUT2D eigenvalue weighted by Gasteiger charge is 2.20. The van der Waals surface area contributed by atoms with Crippen LogP contribution < -0.4 is 5.32 Å². The monoisotopic (exact) mass is 240 g/mol. The molecule has 1 aliphatic rings. The molecule has 0 aromatic carbocycles. The van der Waals surface area contributed by atoms with Crippen molar-refractivity contribution in [1.29, 1.82) is 0 Å². The van der Waals surface area contributed by atoms with Crippen LogP contribution in [0.4, 0.5) is 0 Å². The predicted octanol–water partition coefficient (Wildman–Crippen LogP) is 1.79. The van der Waals surface area contributed by atoms with Gasteiger partial charge in [0.1, 0.15) is 4.88 Å². The Kier molecular flexibility index (Phi) is 3.90. The topological polar surface area (TPSA) is 51.2 Å². The van der Waals surface area contributed by atoms with Crippen molar-refractivity contribution in [3.63, 3.8) is 0 Å². The molecule has 0 saturated carbocycles. The molecule has 2 heterocycles. The standard InChI is InChI=1S/C11H16N2O2S/c1-2-15-11(14)9-7-13-10(16-9)8-4-3-5-12-6-8/h7-8,12H,2-6H2,1H3. The first kappa shape index (κ1) is 11.5. The molecule has 0 aliphatic carbocycles. The Morgan fingerprint density at radius 2 is 2.62 bits per heavy atom. The summed E-state index contributed by atoms with van der Waals surface area (Å²) in [5.41, 5.74) is 0. The van der Waals surface area contributed by atoms with Crippen LogP contribution in [-0.4, -0.2) is 30.6 Å². The number of rotatable bonds is 3. The first-order valence-electron chi connectivity index (χ1n) is 5.65. The minimum Gasteiger partial charge on any atom is -0.462 e. The molecule has 0 bridgehead atoms. The van der Waals surface area contributed by atoms with Crippen LogP contribution in [-0.2, 0) is 4.74 Å². The Hall–Kier alpha value is -0.940. The van der Waals surface area contributed by atoms with E-state index in [-0.39, 0.29) is 5.97 Å². The van der Waals surface area contributed by atoms with E-state index in [1.54, 1.807) is 6.20 Å². The molecule has 1 N–H and O–H groups in total. The summed E-state index contributed by atoms with van der Waals surface area (Å²) in [5.74, 6) is 0.206. The van der Waals surface area contributed by atoms with Gasteiger partial charge in [-0.25, -0.2) is 9.78 Å². The molecule has 1 aliphatic heterocycles. The van der Waals surface area contributed by atoms with Crippen molar-refractivity contribution >= 4 is 17.3 Å². The minimum absolute atomic E-state index is 0.255. The van der Waals surface area contributed by atoms with Gasteiger partial charge in [0.15, 0.2) is 0 Å². The molecule has 16 heavy (non-hydrogen) atoms. The van der Waals surface area contributed by atoms with E-state index >= 15 is 0 Å². The maximum atomic E-state index is 11.5. The second kappa shape index (κ2) is 5.41. The molecule has 1 unspecified atom stereocenters. The van der Waals surface area contributed by atoms with E-state index in [1.165, 1.54) is 17.8 Å². The van der Waals surface area contributed by atoms with Crippen LogP contribution in [0, 0.1) is 0 Å². The average molecular weight is 240 g/mol. The molecule has 1 aromatic heterocycles. The smallest absolute Gasteiger partial charge is 0.349 e. The fraction of sp³-hybridized carbons (Fsp3) is 0.636. The van der Waals surface area contributed by atoms with Crippen molar-refractivity contribution in [2.75, 3.05) is 19.7 Å². The lowest BCUT2D eigenvalue weighted by molar-refractivity contribution is 0.0532. The molecule has 5 heteroatoms. The van der Waals surface area contributed by atoms with Crippen LogP contribution in [0.15, 0.2) is 6.20 Å². The molecule has 0 amide bonds. The van der Waals surface area contributed by atoms with E-state index in [9.17, 15) is 4.79 Å². The third-order valence-corrected chi connectivity index (χ3v) is 3.79. The van der Waals surface area contributed by atoms with Gasteiger partial charge in [-0.15, -0.1) is 11.3 Å². The molecule has 1 aromatic rings.